The van der Waals surface area contributed by atoms with Gasteiger partial charge in [0.25, 0.3) is 5.92 Å². The van der Waals surface area contributed by atoms with E-state index in [0.29, 0.717) is 12.0 Å². The molecule has 0 amide bonds. The van der Waals surface area contributed by atoms with E-state index in [1.54, 1.807) is 0 Å². The minimum absolute atomic E-state index is 0.0405. The molecule has 18 heavy (non-hydrogen) atoms. The Bertz CT molecular complexity index is 326. The van der Waals surface area contributed by atoms with Gasteiger partial charge in [-0.1, -0.05) is 32.3 Å². The number of allylic oxidation sites excluding steroid dienone is 2. The zero-order valence-electron chi connectivity index (χ0n) is 11.8. The molecule has 0 fully saturated rings. The van der Waals surface area contributed by atoms with E-state index in [1.165, 1.54) is 0 Å². The Labute approximate surface area is 110 Å². The van der Waals surface area contributed by atoms with Crippen LogP contribution in [0.3, 0.4) is 0 Å². The molecule has 0 radical (unpaired) electrons. The van der Waals surface area contributed by atoms with Gasteiger partial charge in [0.15, 0.2) is 0 Å². The summed E-state index contributed by atoms with van der Waals surface area (Å²) < 4.78 is 29.2. The molecular weight excluding hydrogens is 230 g/mol. The first-order valence-corrected chi connectivity index (χ1v) is 7.50. The van der Waals surface area contributed by atoms with Crippen LogP contribution < -0.4 is 0 Å². The summed E-state index contributed by atoms with van der Waals surface area (Å²) in [5.41, 5.74) is 1.41. The quantitative estimate of drug-likeness (QED) is 0.475. The lowest BCUT2D eigenvalue weighted by molar-refractivity contribution is -0.00911. The van der Waals surface area contributed by atoms with Crippen molar-refractivity contribution < 1.29 is 8.78 Å². The van der Waals surface area contributed by atoms with E-state index in [2.05, 4.69) is 0 Å². The highest BCUT2D eigenvalue weighted by Crippen LogP contribution is 2.46. The molecular formula is C16H26F2. The minimum Gasteiger partial charge on any atom is -0.202 e. The van der Waals surface area contributed by atoms with E-state index in [0.717, 1.165) is 56.9 Å². The molecule has 0 saturated heterocycles. The van der Waals surface area contributed by atoms with E-state index in [9.17, 15) is 8.78 Å². The largest absolute Gasteiger partial charge is 0.270 e. The topological polar surface area (TPSA) is 0 Å². The molecule has 0 aliphatic heterocycles. The highest BCUT2D eigenvalue weighted by molar-refractivity contribution is 5.24. The summed E-state index contributed by atoms with van der Waals surface area (Å²) in [5.74, 6) is -2.56. The Morgan fingerprint density at radius 2 is 1.44 bits per heavy atom. The molecule has 0 aromatic rings. The third-order valence-electron chi connectivity index (χ3n) is 4.56. The van der Waals surface area contributed by atoms with Crippen molar-refractivity contribution in [2.24, 2.45) is 5.41 Å². The Morgan fingerprint density at radius 3 is 2.17 bits per heavy atom. The van der Waals surface area contributed by atoms with Crippen molar-refractivity contribution in [3.05, 3.63) is 11.1 Å². The first-order valence-electron chi connectivity index (χ1n) is 7.50. The lowest BCUT2D eigenvalue weighted by Gasteiger charge is -2.31. The summed E-state index contributed by atoms with van der Waals surface area (Å²) >= 11 is 0. The van der Waals surface area contributed by atoms with Crippen molar-refractivity contribution in [1.82, 2.24) is 0 Å². The van der Waals surface area contributed by atoms with Gasteiger partial charge < -0.3 is 0 Å². The molecule has 0 aromatic carbocycles. The summed E-state index contributed by atoms with van der Waals surface area (Å²) in [6, 6.07) is 0. The Hall–Kier alpha value is -0.400. The van der Waals surface area contributed by atoms with E-state index >= 15 is 0 Å². The SMILES string of the molecule is CC1(C)CCCCC2=C(CCCCC2)C(F)(F)C1. The van der Waals surface area contributed by atoms with Crippen LogP contribution in [0.4, 0.5) is 8.78 Å². The van der Waals surface area contributed by atoms with Crippen LogP contribution in [0.1, 0.15) is 78.1 Å². The fourth-order valence-electron chi connectivity index (χ4n) is 3.60. The van der Waals surface area contributed by atoms with Crippen LogP contribution in [0, 0.1) is 5.41 Å². The summed E-state index contributed by atoms with van der Waals surface area (Å²) in [4.78, 5) is 0. The third-order valence-corrected chi connectivity index (χ3v) is 4.56. The van der Waals surface area contributed by atoms with Crippen molar-refractivity contribution in [3.63, 3.8) is 0 Å². The molecule has 0 atom stereocenters. The summed E-state index contributed by atoms with van der Waals surface area (Å²) in [6.45, 7) is 4.01. The summed E-state index contributed by atoms with van der Waals surface area (Å²) in [5, 5.41) is 0. The third kappa shape index (κ3) is 3.33. The van der Waals surface area contributed by atoms with Gasteiger partial charge in [-0.05, 0) is 55.9 Å². The maximum atomic E-state index is 14.6. The zero-order valence-corrected chi connectivity index (χ0v) is 11.8. The van der Waals surface area contributed by atoms with Crippen LogP contribution in [0.2, 0.25) is 0 Å². The van der Waals surface area contributed by atoms with Crippen molar-refractivity contribution in [2.45, 2.75) is 84.0 Å². The van der Waals surface area contributed by atoms with Gasteiger partial charge in [-0.15, -0.1) is 0 Å². The lowest BCUT2D eigenvalue weighted by Crippen LogP contribution is -2.28. The van der Waals surface area contributed by atoms with Crippen molar-refractivity contribution in [1.29, 1.82) is 0 Å². The molecule has 2 aliphatic carbocycles. The van der Waals surface area contributed by atoms with Crippen molar-refractivity contribution in [3.8, 4) is 0 Å². The van der Waals surface area contributed by atoms with Gasteiger partial charge in [-0.25, -0.2) is 8.78 Å². The predicted octanol–water partition coefficient (Wildman–Crippen LogP) is 5.87. The smallest absolute Gasteiger partial charge is 0.202 e. The Balaban J connectivity index is 2.31. The van der Waals surface area contributed by atoms with Gasteiger partial charge in [-0.3, -0.25) is 0 Å². The number of rotatable bonds is 0. The lowest BCUT2D eigenvalue weighted by atomic mass is 9.80. The van der Waals surface area contributed by atoms with Crippen LogP contribution in [-0.4, -0.2) is 5.92 Å². The Morgan fingerprint density at radius 1 is 0.833 bits per heavy atom. The first kappa shape index (κ1) is 14.0. The number of hydrogen-bond acceptors (Lipinski definition) is 0. The van der Waals surface area contributed by atoms with Crippen LogP contribution in [0.25, 0.3) is 0 Å². The molecule has 2 rings (SSSR count). The molecule has 0 nitrogen and oxygen atoms in total. The molecule has 2 aliphatic rings. The second-order valence-electron chi connectivity index (χ2n) is 6.90. The molecule has 0 unspecified atom stereocenters. The van der Waals surface area contributed by atoms with Crippen LogP contribution in [0.15, 0.2) is 11.1 Å². The van der Waals surface area contributed by atoms with Crippen molar-refractivity contribution in [2.75, 3.05) is 0 Å². The molecule has 104 valence electrons. The average Bonchev–Trinajstić information content (AvgIpc) is 2.46. The Kier molecular flexibility index (Phi) is 4.13. The van der Waals surface area contributed by atoms with Crippen LogP contribution in [-0.2, 0) is 0 Å². The average molecular weight is 256 g/mol. The monoisotopic (exact) mass is 256 g/mol. The predicted molar refractivity (Wildman–Crippen MR) is 71.9 cm³/mol. The summed E-state index contributed by atoms with van der Waals surface area (Å²) in [7, 11) is 0. The van der Waals surface area contributed by atoms with Crippen molar-refractivity contribution >= 4 is 0 Å². The molecule has 0 saturated carbocycles. The molecule has 0 aromatic heterocycles. The highest BCUT2D eigenvalue weighted by Gasteiger charge is 2.41. The minimum atomic E-state index is -2.56. The van der Waals surface area contributed by atoms with Crippen LogP contribution >= 0.6 is 0 Å². The normalized spacial score (nSPS) is 28.7. The molecule has 0 bridgehead atoms. The zero-order chi connectivity index (χ0) is 13.2. The first-order chi connectivity index (χ1) is 8.41. The molecule has 0 N–H and O–H groups in total. The fourth-order valence-corrected chi connectivity index (χ4v) is 3.60. The second-order valence-corrected chi connectivity index (χ2v) is 6.90. The number of alkyl halides is 2. The highest BCUT2D eigenvalue weighted by atomic mass is 19.3. The van der Waals surface area contributed by atoms with Gasteiger partial charge in [0.05, 0.1) is 0 Å². The molecule has 0 heterocycles. The van der Waals surface area contributed by atoms with Gasteiger partial charge >= 0.3 is 0 Å². The van der Waals surface area contributed by atoms with Gasteiger partial charge in [-0.2, -0.15) is 0 Å². The van der Waals surface area contributed by atoms with E-state index in [1.807, 2.05) is 13.8 Å². The van der Waals surface area contributed by atoms with Gasteiger partial charge in [0.2, 0.25) is 0 Å². The van der Waals surface area contributed by atoms with Gasteiger partial charge in [0, 0.05) is 6.42 Å². The fraction of sp³-hybridized carbons (Fsp3) is 0.875. The maximum Gasteiger partial charge on any atom is 0.270 e. The van der Waals surface area contributed by atoms with E-state index < -0.39 is 5.92 Å². The number of halogens is 2. The standard InChI is InChI=1S/C16H26F2/c1-15(2)11-7-6-9-13-8-4-3-5-10-14(13)16(17,18)12-15/h3-12H2,1-2H3. The second kappa shape index (κ2) is 5.30. The molecule has 2 heteroatoms. The van der Waals surface area contributed by atoms with Crippen LogP contribution in [0.5, 0.6) is 0 Å². The number of hydrogen-bond donors (Lipinski definition) is 0. The maximum absolute atomic E-state index is 14.6. The summed E-state index contributed by atoms with van der Waals surface area (Å²) in [6.07, 6.45) is 8.82. The van der Waals surface area contributed by atoms with E-state index in [4.69, 9.17) is 0 Å². The van der Waals surface area contributed by atoms with E-state index in [-0.39, 0.29) is 11.8 Å². The van der Waals surface area contributed by atoms with Gasteiger partial charge in [0.1, 0.15) is 0 Å². The molecule has 0 spiro atoms.